The number of nitrogens with one attached hydrogen (secondary N) is 1. The molecule has 0 radical (unpaired) electrons. The van der Waals surface area contributed by atoms with E-state index >= 15 is 0 Å². The fraction of sp³-hybridized carbons (Fsp3) is 1.00. The van der Waals surface area contributed by atoms with E-state index in [0.717, 1.165) is 45.8 Å². The molecule has 102 valence electrons. The summed E-state index contributed by atoms with van der Waals surface area (Å²) < 4.78 is 40.7. The summed E-state index contributed by atoms with van der Waals surface area (Å²) in [4.78, 5) is 2.32. The summed E-state index contributed by atoms with van der Waals surface area (Å²) in [5.74, 6) is 0. The Labute approximate surface area is 100 Å². The van der Waals surface area contributed by atoms with Crippen molar-refractivity contribution >= 4 is 0 Å². The second-order valence-electron chi connectivity index (χ2n) is 4.28. The molecule has 0 amide bonds. The fourth-order valence-corrected chi connectivity index (χ4v) is 1.79. The molecule has 1 rings (SSSR count). The van der Waals surface area contributed by atoms with Crippen LogP contribution in [0.4, 0.5) is 13.2 Å². The zero-order valence-electron chi connectivity index (χ0n) is 10.1. The highest BCUT2D eigenvalue weighted by atomic mass is 19.4. The van der Waals surface area contributed by atoms with E-state index in [1.807, 2.05) is 0 Å². The molecule has 0 bridgehead atoms. The van der Waals surface area contributed by atoms with E-state index in [1.54, 1.807) is 0 Å². The number of hydrogen-bond donors (Lipinski definition) is 1. The third-order valence-electron chi connectivity index (χ3n) is 2.75. The molecule has 1 aliphatic rings. The van der Waals surface area contributed by atoms with Crippen molar-refractivity contribution in [2.24, 2.45) is 0 Å². The minimum absolute atomic E-state index is 0.168. The van der Waals surface area contributed by atoms with E-state index < -0.39 is 12.6 Å². The molecular weight excluding hydrogens is 233 g/mol. The van der Waals surface area contributed by atoms with Gasteiger partial charge in [0, 0.05) is 19.5 Å². The van der Waals surface area contributed by atoms with Gasteiger partial charge >= 0.3 is 6.18 Å². The molecule has 0 saturated carbocycles. The topological polar surface area (TPSA) is 24.5 Å². The lowest BCUT2D eigenvalue weighted by Gasteiger charge is -2.26. The van der Waals surface area contributed by atoms with Crippen molar-refractivity contribution in [3.05, 3.63) is 0 Å². The van der Waals surface area contributed by atoms with E-state index in [4.69, 9.17) is 4.74 Å². The predicted molar refractivity (Wildman–Crippen MR) is 60.0 cm³/mol. The van der Waals surface area contributed by atoms with Crippen molar-refractivity contribution in [1.29, 1.82) is 0 Å². The molecule has 6 heteroatoms. The molecule has 0 unspecified atom stereocenters. The first-order chi connectivity index (χ1) is 8.08. The van der Waals surface area contributed by atoms with Crippen LogP contribution >= 0.6 is 0 Å². The van der Waals surface area contributed by atoms with Crippen LogP contribution in [0.1, 0.15) is 19.3 Å². The second kappa shape index (κ2) is 7.89. The van der Waals surface area contributed by atoms with Gasteiger partial charge in [-0.25, -0.2) is 0 Å². The summed E-state index contributed by atoms with van der Waals surface area (Å²) in [6.07, 6.45) is -3.56. The molecule has 1 N–H and O–H groups in total. The zero-order chi connectivity index (χ0) is 12.6. The summed E-state index contributed by atoms with van der Waals surface area (Å²) >= 11 is 0. The van der Waals surface area contributed by atoms with Crippen LogP contribution in [-0.4, -0.2) is 57.0 Å². The van der Waals surface area contributed by atoms with Crippen LogP contribution in [0.25, 0.3) is 0 Å². The molecule has 0 aliphatic carbocycles. The number of hydrogen-bond acceptors (Lipinski definition) is 3. The Morgan fingerprint density at radius 2 is 1.71 bits per heavy atom. The number of alkyl halides is 3. The maximum Gasteiger partial charge on any atom is 0.389 e. The lowest BCUT2D eigenvalue weighted by atomic mass is 10.3. The van der Waals surface area contributed by atoms with E-state index in [-0.39, 0.29) is 6.42 Å². The number of ether oxygens (including phenoxy) is 1. The number of rotatable bonds is 7. The third kappa shape index (κ3) is 8.40. The van der Waals surface area contributed by atoms with Gasteiger partial charge in [-0.15, -0.1) is 0 Å². The molecule has 0 aromatic rings. The lowest BCUT2D eigenvalue weighted by Crippen LogP contribution is -2.37. The Morgan fingerprint density at radius 3 is 2.35 bits per heavy atom. The average molecular weight is 254 g/mol. The molecule has 17 heavy (non-hydrogen) atoms. The number of halogens is 3. The molecular formula is C11H21F3N2O. The van der Waals surface area contributed by atoms with Gasteiger partial charge in [0.1, 0.15) is 0 Å². The molecule has 0 aromatic heterocycles. The zero-order valence-corrected chi connectivity index (χ0v) is 10.1. The first-order valence-corrected chi connectivity index (χ1v) is 6.15. The second-order valence-corrected chi connectivity index (χ2v) is 4.28. The first kappa shape index (κ1) is 14.7. The van der Waals surface area contributed by atoms with Gasteiger partial charge in [-0.05, 0) is 32.5 Å². The molecule has 0 spiro atoms. The molecule has 1 aliphatic heterocycles. The Bertz CT molecular complexity index is 194. The smallest absolute Gasteiger partial charge is 0.379 e. The lowest BCUT2D eigenvalue weighted by molar-refractivity contribution is -0.135. The third-order valence-corrected chi connectivity index (χ3v) is 2.75. The summed E-state index contributed by atoms with van der Waals surface area (Å²) in [7, 11) is 0. The van der Waals surface area contributed by atoms with Crippen LogP contribution in [0.2, 0.25) is 0 Å². The maximum atomic E-state index is 11.8. The Kier molecular flexibility index (Phi) is 6.84. The summed E-state index contributed by atoms with van der Waals surface area (Å²) in [5, 5.41) is 3.04. The fourth-order valence-electron chi connectivity index (χ4n) is 1.79. The van der Waals surface area contributed by atoms with Crippen LogP contribution in [0.15, 0.2) is 0 Å². The quantitative estimate of drug-likeness (QED) is 0.699. The van der Waals surface area contributed by atoms with Crippen LogP contribution in [-0.2, 0) is 4.74 Å². The summed E-state index contributed by atoms with van der Waals surface area (Å²) in [5.41, 5.74) is 0. The van der Waals surface area contributed by atoms with Crippen molar-refractivity contribution in [2.75, 3.05) is 45.9 Å². The Morgan fingerprint density at radius 1 is 1.06 bits per heavy atom. The van der Waals surface area contributed by atoms with Crippen molar-refractivity contribution in [3.63, 3.8) is 0 Å². The standard InChI is InChI=1S/C11H21F3N2O/c12-11(13,14)3-1-4-15-5-2-6-16-7-9-17-10-8-16/h15H,1-10H2. The maximum absolute atomic E-state index is 11.8. The number of morpholine rings is 1. The normalized spacial score (nSPS) is 18.5. The number of nitrogens with zero attached hydrogens (tertiary/aromatic N) is 1. The van der Waals surface area contributed by atoms with Crippen molar-refractivity contribution in [1.82, 2.24) is 10.2 Å². The van der Waals surface area contributed by atoms with Crippen LogP contribution in [0.5, 0.6) is 0 Å². The monoisotopic (exact) mass is 254 g/mol. The van der Waals surface area contributed by atoms with Gasteiger partial charge in [0.2, 0.25) is 0 Å². The van der Waals surface area contributed by atoms with Gasteiger partial charge in [-0.2, -0.15) is 13.2 Å². The molecule has 3 nitrogen and oxygen atoms in total. The average Bonchev–Trinajstić information content (AvgIpc) is 2.28. The van der Waals surface area contributed by atoms with E-state index in [1.165, 1.54) is 0 Å². The molecule has 0 atom stereocenters. The van der Waals surface area contributed by atoms with E-state index in [0.29, 0.717) is 6.54 Å². The first-order valence-electron chi connectivity index (χ1n) is 6.15. The van der Waals surface area contributed by atoms with Crippen molar-refractivity contribution in [2.45, 2.75) is 25.4 Å². The summed E-state index contributed by atoms with van der Waals surface area (Å²) in [6, 6.07) is 0. The predicted octanol–water partition coefficient (Wildman–Crippen LogP) is 1.64. The van der Waals surface area contributed by atoms with Gasteiger partial charge in [0.05, 0.1) is 13.2 Å². The van der Waals surface area contributed by atoms with E-state index in [9.17, 15) is 13.2 Å². The van der Waals surface area contributed by atoms with Gasteiger partial charge < -0.3 is 10.1 Å². The van der Waals surface area contributed by atoms with Gasteiger partial charge in [0.25, 0.3) is 0 Å². The highest BCUT2D eigenvalue weighted by Gasteiger charge is 2.25. The van der Waals surface area contributed by atoms with Gasteiger partial charge in [-0.1, -0.05) is 0 Å². The van der Waals surface area contributed by atoms with E-state index in [2.05, 4.69) is 10.2 Å². The Balaban J connectivity index is 1.84. The molecule has 1 fully saturated rings. The minimum Gasteiger partial charge on any atom is -0.379 e. The van der Waals surface area contributed by atoms with Gasteiger partial charge in [0.15, 0.2) is 0 Å². The Hall–Kier alpha value is -0.330. The molecule has 1 heterocycles. The van der Waals surface area contributed by atoms with Crippen LogP contribution < -0.4 is 5.32 Å². The highest BCUT2D eigenvalue weighted by molar-refractivity contribution is 4.62. The largest absolute Gasteiger partial charge is 0.389 e. The molecule has 1 saturated heterocycles. The SMILES string of the molecule is FC(F)(F)CCCNCCCN1CCOCC1. The van der Waals surface area contributed by atoms with Gasteiger partial charge in [-0.3, -0.25) is 4.90 Å². The highest BCUT2D eigenvalue weighted by Crippen LogP contribution is 2.20. The minimum atomic E-state index is -4.02. The molecule has 0 aromatic carbocycles. The van der Waals surface area contributed by atoms with Crippen LogP contribution in [0.3, 0.4) is 0 Å². The van der Waals surface area contributed by atoms with Crippen molar-refractivity contribution in [3.8, 4) is 0 Å². The van der Waals surface area contributed by atoms with Crippen molar-refractivity contribution < 1.29 is 17.9 Å². The summed E-state index contributed by atoms with van der Waals surface area (Å²) in [6.45, 7) is 5.74. The van der Waals surface area contributed by atoms with Crippen LogP contribution in [0, 0.1) is 0 Å².